The molecule has 88 valence electrons. The lowest BCUT2D eigenvalue weighted by atomic mass is 10.0. The SMILES string of the molecule is OC(Cc1c(F)cccc1Cl)c1ccncn1. The lowest BCUT2D eigenvalue weighted by Gasteiger charge is -2.11. The van der Waals surface area contributed by atoms with E-state index in [1.165, 1.54) is 24.7 Å². The Bertz CT molecular complexity index is 487. The van der Waals surface area contributed by atoms with Gasteiger partial charge in [-0.1, -0.05) is 17.7 Å². The van der Waals surface area contributed by atoms with Gasteiger partial charge in [-0.25, -0.2) is 14.4 Å². The van der Waals surface area contributed by atoms with Crippen LogP contribution >= 0.6 is 11.6 Å². The predicted octanol–water partition coefficient (Wildman–Crippen LogP) is 2.55. The van der Waals surface area contributed by atoms with Crippen LogP contribution in [-0.2, 0) is 6.42 Å². The molecule has 0 saturated carbocycles. The van der Waals surface area contributed by atoms with Gasteiger partial charge in [0.05, 0.1) is 5.69 Å². The second-order valence-corrected chi connectivity index (χ2v) is 3.96. The summed E-state index contributed by atoms with van der Waals surface area (Å²) in [5.41, 5.74) is 0.736. The minimum Gasteiger partial charge on any atom is -0.386 e. The van der Waals surface area contributed by atoms with Crippen molar-refractivity contribution in [3.8, 4) is 0 Å². The van der Waals surface area contributed by atoms with Crippen LogP contribution in [0.5, 0.6) is 0 Å². The van der Waals surface area contributed by atoms with Crippen molar-refractivity contribution in [2.45, 2.75) is 12.5 Å². The Morgan fingerprint density at radius 2 is 2.18 bits per heavy atom. The lowest BCUT2D eigenvalue weighted by Crippen LogP contribution is -2.06. The third-order valence-electron chi connectivity index (χ3n) is 2.41. The zero-order valence-corrected chi connectivity index (χ0v) is 9.60. The molecule has 1 N–H and O–H groups in total. The number of benzene rings is 1. The van der Waals surface area contributed by atoms with Crippen molar-refractivity contribution in [3.05, 3.63) is 58.9 Å². The summed E-state index contributed by atoms with van der Waals surface area (Å²) in [6.45, 7) is 0. The average Bonchev–Trinajstić information content (AvgIpc) is 2.35. The smallest absolute Gasteiger partial charge is 0.127 e. The Kier molecular flexibility index (Phi) is 3.66. The maximum atomic E-state index is 13.5. The topological polar surface area (TPSA) is 46.0 Å². The van der Waals surface area contributed by atoms with Crippen LogP contribution in [0.2, 0.25) is 5.02 Å². The van der Waals surface area contributed by atoms with Crippen molar-refractivity contribution < 1.29 is 9.50 Å². The zero-order chi connectivity index (χ0) is 12.3. The van der Waals surface area contributed by atoms with E-state index < -0.39 is 11.9 Å². The van der Waals surface area contributed by atoms with Crippen molar-refractivity contribution in [1.82, 2.24) is 9.97 Å². The number of aliphatic hydroxyl groups excluding tert-OH is 1. The van der Waals surface area contributed by atoms with Crippen LogP contribution in [0.1, 0.15) is 17.4 Å². The van der Waals surface area contributed by atoms with Gasteiger partial charge in [-0.15, -0.1) is 0 Å². The number of hydrogen-bond acceptors (Lipinski definition) is 3. The van der Waals surface area contributed by atoms with Crippen molar-refractivity contribution in [2.24, 2.45) is 0 Å². The van der Waals surface area contributed by atoms with Crippen molar-refractivity contribution >= 4 is 11.6 Å². The molecule has 3 nitrogen and oxygen atoms in total. The number of aliphatic hydroxyl groups is 1. The lowest BCUT2D eigenvalue weighted by molar-refractivity contribution is 0.172. The Balaban J connectivity index is 2.22. The van der Waals surface area contributed by atoms with Gasteiger partial charge >= 0.3 is 0 Å². The van der Waals surface area contributed by atoms with Gasteiger partial charge in [-0.05, 0) is 18.2 Å². The number of rotatable bonds is 3. The standard InChI is InChI=1S/C12H10ClFN2O/c13-9-2-1-3-10(14)8(9)6-12(17)11-4-5-15-7-16-11/h1-5,7,12,17H,6H2. The van der Waals surface area contributed by atoms with Crippen LogP contribution in [0.4, 0.5) is 4.39 Å². The Morgan fingerprint density at radius 3 is 2.82 bits per heavy atom. The highest BCUT2D eigenvalue weighted by Crippen LogP contribution is 2.24. The molecule has 1 aromatic heterocycles. The molecule has 5 heteroatoms. The summed E-state index contributed by atoms with van der Waals surface area (Å²) in [7, 11) is 0. The first kappa shape index (κ1) is 12.0. The molecule has 0 amide bonds. The molecule has 2 aromatic rings. The highest BCUT2D eigenvalue weighted by molar-refractivity contribution is 6.31. The van der Waals surface area contributed by atoms with Gasteiger partial charge in [-0.2, -0.15) is 0 Å². The van der Waals surface area contributed by atoms with Crippen molar-refractivity contribution in [3.63, 3.8) is 0 Å². The molecule has 0 bridgehead atoms. The van der Waals surface area contributed by atoms with E-state index in [0.717, 1.165) is 0 Å². The summed E-state index contributed by atoms with van der Waals surface area (Å²) >= 11 is 5.88. The Hall–Kier alpha value is -1.52. The van der Waals surface area contributed by atoms with E-state index in [0.29, 0.717) is 16.3 Å². The molecule has 1 aromatic carbocycles. The number of nitrogens with zero attached hydrogens (tertiary/aromatic N) is 2. The van der Waals surface area contributed by atoms with E-state index in [4.69, 9.17) is 11.6 Å². The monoisotopic (exact) mass is 252 g/mol. The van der Waals surface area contributed by atoms with Crippen LogP contribution in [0.25, 0.3) is 0 Å². The largest absolute Gasteiger partial charge is 0.386 e. The third-order valence-corrected chi connectivity index (χ3v) is 2.76. The molecule has 0 fully saturated rings. The zero-order valence-electron chi connectivity index (χ0n) is 8.85. The maximum absolute atomic E-state index is 13.5. The third kappa shape index (κ3) is 2.78. The molecular formula is C12H10ClFN2O. The second kappa shape index (κ2) is 5.21. The number of hydrogen-bond donors (Lipinski definition) is 1. The van der Waals surface area contributed by atoms with Gasteiger partial charge in [0.1, 0.15) is 18.2 Å². The second-order valence-electron chi connectivity index (χ2n) is 3.55. The normalized spacial score (nSPS) is 12.4. The first-order valence-corrected chi connectivity index (χ1v) is 5.43. The van der Waals surface area contributed by atoms with Crippen LogP contribution in [0, 0.1) is 5.82 Å². The van der Waals surface area contributed by atoms with Gasteiger partial charge in [0.2, 0.25) is 0 Å². The average molecular weight is 253 g/mol. The summed E-state index contributed by atoms with van der Waals surface area (Å²) in [6, 6.07) is 6.01. The fourth-order valence-corrected chi connectivity index (χ4v) is 1.76. The fourth-order valence-electron chi connectivity index (χ4n) is 1.52. The summed E-state index contributed by atoms with van der Waals surface area (Å²) in [6.07, 6.45) is 2.05. The van der Waals surface area contributed by atoms with E-state index in [9.17, 15) is 9.50 Å². The van der Waals surface area contributed by atoms with Gasteiger partial charge in [0.15, 0.2) is 0 Å². The summed E-state index contributed by atoms with van der Waals surface area (Å²) in [4.78, 5) is 7.66. The maximum Gasteiger partial charge on any atom is 0.127 e. The molecule has 0 aliphatic rings. The van der Waals surface area contributed by atoms with Crippen LogP contribution in [0.3, 0.4) is 0 Å². The summed E-state index contributed by atoms with van der Waals surface area (Å²) < 4.78 is 13.5. The molecule has 1 unspecified atom stereocenters. The first-order chi connectivity index (χ1) is 8.18. The molecule has 2 rings (SSSR count). The molecule has 0 radical (unpaired) electrons. The van der Waals surface area contributed by atoms with Gasteiger partial charge in [0.25, 0.3) is 0 Å². The van der Waals surface area contributed by atoms with E-state index in [1.54, 1.807) is 12.1 Å². The summed E-state index contributed by atoms with van der Waals surface area (Å²) in [5.74, 6) is -0.425. The number of halogens is 2. The van der Waals surface area contributed by atoms with Crippen LogP contribution in [-0.4, -0.2) is 15.1 Å². The first-order valence-electron chi connectivity index (χ1n) is 5.05. The Morgan fingerprint density at radius 1 is 1.35 bits per heavy atom. The summed E-state index contributed by atoms with van der Waals surface area (Å²) in [5, 5.41) is 10.2. The molecular weight excluding hydrogens is 243 g/mol. The molecule has 0 spiro atoms. The highest BCUT2D eigenvalue weighted by Gasteiger charge is 2.15. The van der Waals surface area contributed by atoms with Gasteiger partial charge in [0, 0.05) is 23.2 Å². The molecule has 0 aliphatic heterocycles. The van der Waals surface area contributed by atoms with Crippen LogP contribution in [0.15, 0.2) is 36.8 Å². The molecule has 0 aliphatic carbocycles. The van der Waals surface area contributed by atoms with E-state index in [-0.39, 0.29) is 6.42 Å². The number of aromatic nitrogens is 2. The Labute approximate surface area is 103 Å². The quantitative estimate of drug-likeness (QED) is 0.913. The van der Waals surface area contributed by atoms with E-state index in [1.807, 2.05) is 0 Å². The van der Waals surface area contributed by atoms with Gasteiger partial charge < -0.3 is 5.11 Å². The molecule has 17 heavy (non-hydrogen) atoms. The van der Waals surface area contributed by atoms with E-state index >= 15 is 0 Å². The predicted molar refractivity (Wildman–Crippen MR) is 62.1 cm³/mol. The molecule has 1 atom stereocenters. The van der Waals surface area contributed by atoms with Gasteiger partial charge in [-0.3, -0.25) is 0 Å². The minimum atomic E-state index is -0.896. The minimum absolute atomic E-state index is 0.0858. The van der Waals surface area contributed by atoms with Crippen LogP contribution < -0.4 is 0 Å². The van der Waals surface area contributed by atoms with Crippen molar-refractivity contribution in [2.75, 3.05) is 0 Å². The highest BCUT2D eigenvalue weighted by atomic mass is 35.5. The molecule has 0 saturated heterocycles. The fraction of sp³-hybridized carbons (Fsp3) is 0.167. The van der Waals surface area contributed by atoms with E-state index in [2.05, 4.69) is 9.97 Å². The van der Waals surface area contributed by atoms with Crippen molar-refractivity contribution in [1.29, 1.82) is 0 Å². The molecule has 1 heterocycles.